The normalized spacial score (nSPS) is 26.2. The van der Waals surface area contributed by atoms with Gasteiger partial charge in [-0.05, 0) is 68.2 Å². The summed E-state index contributed by atoms with van der Waals surface area (Å²) < 4.78 is 11.4. The Hall–Kier alpha value is -1.06. The van der Waals surface area contributed by atoms with E-state index < -0.39 is 0 Å². The molecule has 26 heavy (non-hydrogen) atoms. The quantitative estimate of drug-likeness (QED) is 0.620. The summed E-state index contributed by atoms with van der Waals surface area (Å²) in [4.78, 5) is 0. The number of nitrogens with two attached hydrogens (primary N) is 1. The molecule has 0 saturated carbocycles. The summed E-state index contributed by atoms with van der Waals surface area (Å²) in [7, 11) is 1.72. The zero-order chi connectivity index (χ0) is 19.0. The van der Waals surface area contributed by atoms with Crippen molar-refractivity contribution in [2.75, 3.05) is 20.3 Å². The molecule has 3 heteroatoms. The maximum absolute atomic E-state index is 6.15. The Bertz CT molecular complexity index is 528. The zero-order valence-corrected chi connectivity index (χ0v) is 17.6. The van der Waals surface area contributed by atoms with Crippen LogP contribution in [0.4, 0.5) is 0 Å². The van der Waals surface area contributed by atoms with Crippen molar-refractivity contribution in [1.29, 1.82) is 0 Å². The predicted molar refractivity (Wildman–Crippen MR) is 108 cm³/mol. The Morgan fingerprint density at radius 3 is 2.54 bits per heavy atom. The van der Waals surface area contributed by atoms with Crippen molar-refractivity contribution >= 4 is 0 Å². The van der Waals surface area contributed by atoms with Gasteiger partial charge in [-0.3, -0.25) is 0 Å². The topological polar surface area (TPSA) is 35.1 Å². The molecule has 1 aromatic rings. The molecule has 0 aromatic heterocycles. The van der Waals surface area contributed by atoms with Gasteiger partial charge in [-0.15, -0.1) is 0 Å². The van der Waals surface area contributed by atoms with Crippen molar-refractivity contribution in [3.63, 3.8) is 0 Å². The summed E-state index contributed by atoms with van der Waals surface area (Å²) in [5.41, 5.74) is 1.90. The van der Waals surface area contributed by atoms with Gasteiger partial charge in [0.2, 0.25) is 0 Å². The fraction of sp³-hybridized carbons (Fsp3) is 0.739. The minimum Gasteiger partial charge on any atom is -0.497 e. The Morgan fingerprint density at radius 1 is 1.19 bits per heavy atom. The molecule has 0 radical (unpaired) electrons. The van der Waals surface area contributed by atoms with Crippen LogP contribution in [0, 0.1) is 11.3 Å². The van der Waals surface area contributed by atoms with E-state index in [2.05, 4.69) is 57.3 Å². The van der Waals surface area contributed by atoms with E-state index in [-0.39, 0.29) is 5.60 Å². The molecule has 2 rings (SSSR count). The number of benzene rings is 1. The predicted octanol–water partition coefficient (Wildman–Crippen LogP) is 4.55. The molecule has 0 amide bonds. The Balaban J connectivity index is 1.89. The first-order chi connectivity index (χ1) is 12.4. The van der Waals surface area contributed by atoms with E-state index >= 15 is 0 Å². The molecule has 0 spiro atoms. The summed E-state index contributed by atoms with van der Waals surface area (Å²) in [6.07, 6.45) is 7.55. The third-order valence-corrected chi connectivity index (χ3v) is 6.25. The first kappa shape index (κ1) is 21.2. The maximum atomic E-state index is 6.15. The van der Waals surface area contributed by atoms with E-state index in [1.807, 2.05) is 0 Å². The van der Waals surface area contributed by atoms with Crippen LogP contribution >= 0.6 is 0 Å². The zero-order valence-electron chi connectivity index (χ0n) is 17.6. The summed E-state index contributed by atoms with van der Waals surface area (Å²) in [5, 5.41) is 2.47. The van der Waals surface area contributed by atoms with Gasteiger partial charge in [0.15, 0.2) is 0 Å². The molecule has 1 aliphatic heterocycles. The van der Waals surface area contributed by atoms with Gasteiger partial charge >= 0.3 is 0 Å². The van der Waals surface area contributed by atoms with Crippen LogP contribution in [-0.2, 0) is 11.3 Å². The number of rotatable bonds is 10. The third kappa shape index (κ3) is 6.28. The van der Waals surface area contributed by atoms with Gasteiger partial charge in [-0.25, -0.2) is 0 Å². The first-order valence-corrected chi connectivity index (χ1v) is 10.5. The average Bonchev–Trinajstić information content (AvgIpc) is 2.64. The molecule has 1 saturated heterocycles. The fourth-order valence-electron chi connectivity index (χ4n) is 4.26. The highest BCUT2D eigenvalue weighted by molar-refractivity contribution is 5.26. The van der Waals surface area contributed by atoms with E-state index in [0.717, 1.165) is 31.2 Å². The highest BCUT2D eigenvalue weighted by atomic mass is 16.5. The molecule has 2 N–H and O–H groups in total. The standard InChI is InChI=1S/C23H39NO2/c1-6-22(4)18-23(14-16-26-22,12-11-19(2)3)13-15-24-17-20-7-9-21(25-5)10-8-20/h7-10,19,24H,6,11-18H2,1-5H3/p+1/t22-,23+/m0/s1. The minimum atomic E-state index is 0.0746. The Kier molecular flexibility index (Phi) is 7.97. The second-order valence-electron chi connectivity index (χ2n) is 8.89. The molecule has 3 nitrogen and oxygen atoms in total. The van der Waals surface area contributed by atoms with Crippen LogP contribution in [0.25, 0.3) is 0 Å². The summed E-state index contributed by atoms with van der Waals surface area (Å²) >= 11 is 0. The van der Waals surface area contributed by atoms with Crippen molar-refractivity contribution in [3.05, 3.63) is 29.8 Å². The summed E-state index contributed by atoms with van der Waals surface area (Å²) in [5.74, 6) is 1.72. The number of methoxy groups -OCH3 is 1. The van der Waals surface area contributed by atoms with E-state index in [4.69, 9.17) is 9.47 Å². The fourth-order valence-corrected chi connectivity index (χ4v) is 4.26. The first-order valence-electron chi connectivity index (χ1n) is 10.5. The van der Waals surface area contributed by atoms with Gasteiger partial charge in [0.05, 0.1) is 19.3 Å². The van der Waals surface area contributed by atoms with Crippen molar-refractivity contribution in [2.24, 2.45) is 11.3 Å². The van der Waals surface area contributed by atoms with E-state index in [1.165, 1.54) is 44.2 Å². The number of hydrogen-bond donors (Lipinski definition) is 1. The van der Waals surface area contributed by atoms with Gasteiger partial charge in [0.1, 0.15) is 12.3 Å². The lowest BCUT2D eigenvalue weighted by atomic mass is 9.67. The largest absolute Gasteiger partial charge is 0.497 e. The lowest BCUT2D eigenvalue weighted by Crippen LogP contribution is -2.83. The Labute approximate surface area is 160 Å². The van der Waals surface area contributed by atoms with Gasteiger partial charge in [-0.1, -0.05) is 27.2 Å². The van der Waals surface area contributed by atoms with Crippen molar-refractivity contribution in [3.8, 4) is 5.75 Å². The van der Waals surface area contributed by atoms with Crippen LogP contribution in [-0.4, -0.2) is 25.9 Å². The SMILES string of the molecule is CC[C@@]1(C)C[C@@](CC[NH2+]Cc2ccc(OC)cc2)(CCC(C)C)CCO1. The van der Waals surface area contributed by atoms with Crippen LogP contribution in [0.2, 0.25) is 0 Å². The van der Waals surface area contributed by atoms with Crippen molar-refractivity contribution in [2.45, 2.75) is 78.4 Å². The number of ether oxygens (including phenoxy) is 2. The molecule has 0 bridgehead atoms. The van der Waals surface area contributed by atoms with E-state index in [9.17, 15) is 0 Å². The third-order valence-electron chi connectivity index (χ3n) is 6.25. The van der Waals surface area contributed by atoms with Crippen LogP contribution in [0.3, 0.4) is 0 Å². The van der Waals surface area contributed by atoms with Gasteiger partial charge in [-0.2, -0.15) is 0 Å². The molecule has 1 aliphatic rings. The summed E-state index contributed by atoms with van der Waals surface area (Å²) in [6, 6.07) is 8.45. The minimum absolute atomic E-state index is 0.0746. The lowest BCUT2D eigenvalue weighted by Gasteiger charge is -2.46. The van der Waals surface area contributed by atoms with Crippen LogP contribution in [0.1, 0.15) is 71.8 Å². The van der Waals surface area contributed by atoms with Gasteiger partial charge in [0, 0.05) is 18.6 Å². The summed E-state index contributed by atoms with van der Waals surface area (Å²) in [6.45, 7) is 12.5. The second kappa shape index (κ2) is 9.75. The molecular formula is C23H40NO2+. The number of hydrogen-bond acceptors (Lipinski definition) is 2. The van der Waals surface area contributed by atoms with Crippen LogP contribution in [0.15, 0.2) is 24.3 Å². The molecule has 1 heterocycles. The lowest BCUT2D eigenvalue weighted by molar-refractivity contribution is -0.672. The second-order valence-corrected chi connectivity index (χ2v) is 8.89. The van der Waals surface area contributed by atoms with E-state index in [1.54, 1.807) is 7.11 Å². The van der Waals surface area contributed by atoms with Gasteiger partial charge in [0.25, 0.3) is 0 Å². The highest BCUT2D eigenvalue weighted by Gasteiger charge is 2.42. The molecular weight excluding hydrogens is 322 g/mol. The van der Waals surface area contributed by atoms with Crippen LogP contribution < -0.4 is 10.1 Å². The molecule has 1 aromatic carbocycles. The smallest absolute Gasteiger partial charge is 0.118 e. The van der Waals surface area contributed by atoms with E-state index in [0.29, 0.717) is 5.41 Å². The molecule has 148 valence electrons. The molecule has 0 unspecified atom stereocenters. The van der Waals surface area contributed by atoms with Crippen molar-refractivity contribution in [1.82, 2.24) is 0 Å². The van der Waals surface area contributed by atoms with Crippen molar-refractivity contribution < 1.29 is 14.8 Å². The van der Waals surface area contributed by atoms with Gasteiger partial charge < -0.3 is 14.8 Å². The molecule has 1 fully saturated rings. The molecule has 2 atom stereocenters. The Morgan fingerprint density at radius 2 is 1.92 bits per heavy atom. The maximum Gasteiger partial charge on any atom is 0.118 e. The number of quaternary nitrogens is 1. The highest BCUT2D eigenvalue weighted by Crippen LogP contribution is 2.46. The van der Waals surface area contributed by atoms with Crippen LogP contribution in [0.5, 0.6) is 5.75 Å². The average molecular weight is 363 g/mol. The monoisotopic (exact) mass is 362 g/mol. The molecule has 0 aliphatic carbocycles.